The number of para-hydroxylation sites is 3. The van der Waals surface area contributed by atoms with Gasteiger partial charge in [0.05, 0.1) is 11.4 Å². The van der Waals surface area contributed by atoms with Gasteiger partial charge in [-0.15, -0.1) is 0 Å². The van der Waals surface area contributed by atoms with E-state index in [0.29, 0.717) is 6.54 Å². The van der Waals surface area contributed by atoms with Crippen LogP contribution < -0.4 is 16.0 Å². The number of hydrogen-bond donors (Lipinski definition) is 3. The second-order valence-corrected chi connectivity index (χ2v) is 4.71. The average Bonchev–Trinajstić information content (AvgIpc) is 2.50. The van der Waals surface area contributed by atoms with Crippen LogP contribution in [0.15, 0.2) is 42.5 Å². The minimum atomic E-state index is -0.799. The molecule has 21 heavy (non-hydrogen) atoms. The monoisotopic (exact) mass is 289 g/mol. The Morgan fingerprint density at radius 1 is 1.05 bits per heavy atom. The van der Waals surface area contributed by atoms with E-state index in [1.54, 1.807) is 0 Å². The van der Waals surface area contributed by atoms with Crippen LogP contribution >= 0.6 is 0 Å². The Morgan fingerprint density at radius 3 is 2.43 bits per heavy atom. The summed E-state index contributed by atoms with van der Waals surface area (Å²) in [7, 11) is 0. The summed E-state index contributed by atoms with van der Waals surface area (Å²) in [5, 5.41) is 8.42. The number of halogens is 2. The summed E-state index contributed by atoms with van der Waals surface area (Å²) < 4.78 is 27.1. The van der Waals surface area contributed by atoms with Gasteiger partial charge in [-0.3, -0.25) is 4.79 Å². The molecule has 0 aromatic heterocycles. The summed E-state index contributed by atoms with van der Waals surface area (Å²) in [5.74, 6) is -2.10. The Kier molecular flexibility index (Phi) is 3.43. The van der Waals surface area contributed by atoms with Crippen LogP contribution in [0.4, 0.5) is 25.8 Å². The van der Waals surface area contributed by atoms with Gasteiger partial charge in [-0.1, -0.05) is 18.2 Å². The molecule has 4 nitrogen and oxygen atoms in total. The molecule has 3 N–H and O–H groups in total. The molecule has 0 fully saturated rings. The lowest BCUT2D eigenvalue weighted by Crippen LogP contribution is -2.43. The van der Waals surface area contributed by atoms with E-state index in [4.69, 9.17) is 0 Å². The number of carbonyl (C=O) groups is 1. The van der Waals surface area contributed by atoms with E-state index in [2.05, 4.69) is 16.0 Å². The molecule has 108 valence electrons. The second-order valence-electron chi connectivity index (χ2n) is 4.71. The van der Waals surface area contributed by atoms with Gasteiger partial charge in [-0.05, 0) is 24.3 Å². The molecule has 6 heteroatoms. The highest BCUT2D eigenvalue weighted by molar-refractivity contribution is 5.98. The highest BCUT2D eigenvalue weighted by atomic mass is 19.1. The standard InChI is InChI=1S/C15H13F2N3O/c16-9-4-3-5-10(17)14(9)20-15(21)13-8-18-11-6-1-2-7-12(11)19-13/h1-7,13,18-19H,8H2,(H,20,21). The molecule has 3 rings (SSSR count). The lowest BCUT2D eigenvalue weighted by molar-refractivity contribution is -0.116. The first-order valence-electron chi connectivity index (χ1n) is 6.49. The predicted molar refractivity (Wildman–Crippen MR) is 77.3 cm³/mol. The maximum Gasteiger partial charge on any atom is 0.248 e. The van der Waals surface area contributed by atoms with Crippen molar-refractivity contribution in [3.05, 3.63) is 54.1 Å². The first-order valence-corrected chi connectivity index (χ1v) is 6.49. The number of amides is 1. The summed E-state index contributed by atoms with van der Waals surface area (Å²) in [4.78, 5) is 12.1. The molecular formula is C15H13F2N3O. The molecular weight excluding hydrogens is 276 g/mol. The van der Waals surface area contributed by atoms with Gasteiger partial charge in [0.15, 0.2) is 0 Å². The molecule has 0 radical (unpaired) electrons. The van der Waals surface area contributed by atoms with Gasteiger partial charge < -0.3 is 16.0 Å². The van der Waals surface area contributed by atoms with Crippen LogP contribution in [0.1, 0.15) is 0 Å². The Hall–Kier alpha value is -2.63. The molecule has 0 aliphatic carbocycles. The van der Waals surface area contributed by atoms with Crippen molar-refractivity contribution < 1.29 is 13.6 Å². The van der Waals surface area contributed by atoms with Crippen molar-refractivity contribution in [2.75, 3.05) is 22.5 Å². The summed E-state index contributed by atoms with van der Waals surface area (Å²) in [6.45, 7) is 0.332. The van der Waals surface area contributed by atoms with Crippen molar-refractivity contribution in [3.63, 3.8) is 0 Å². The van der Waals surface area contributed by atoms with E-state index in [1.165, 1.54) is 6.07 Å². The third-order valence-electron chi connectivity index (χ3n) is 3.28. The molecule has 0 bridgehead atoms. The SMILES string of the molecule is O=C(Nc1c(F)cccc1F)C1CNc2ccccc2N1. The zero-order valence-corrected chi connectivity index (χ0v) is 11.0. The van der Waals surface area contributed by atoms with Crippen molar-refractivity contribution in [2.45, 2.75) is 6.04 Å². The molecule has 1 aliphatic heterocycles. The van der Waals surface area contributed by atoms with Crippen LogP contribution in [0.25, 0.3) is 0 Å². The maximum absolute atomic E-state index is 13.5. The van der Waals surface area contributed by atoms with Gasteiger partial charge in [0, 0.05) is 6.54 Å². The number of rotatable bonds is 2. The average molecular weight is 289 g/mol. The number of carbonyl (C=O) groups excluding carboxylic acids is 1. The van der Waals surface area contributed by atoms with E-state index in [1.807, 2.05) is 24.3 Å². The molecule has 2 aromatic rings. The summed E-state index contributed by atoms with van der Waals surface area (Å²) in [6, 6.07) is 10.3. The predicted octanol–water partition coefficient (Wildman–Crippen LogP) is 2.81. The lowest BCUT2D eigenvalue weighted by atomic mass is 10.1. The van der Waals surface area contributed by atoms with Gasteiger partial charge in [0.25, 0.3) is 0 Å². The minimum Gasteiger partial charge on any atom is -0.381 e. The fraction of sp³-hybridized carbons (Fsp3) is 0.133. The van der Waals surface area contributed by atoms with Crippen molar-refractivity contribution in [2.24, 2.45) is 0 Å². The minimum absolute atomic E-state index is 0.332. The van der Waals surface area contributed by atoms with Crippen molar-refractivity contribution in [3.8, 4) is 0 Å². The van der Waals surface area contributed by atoms with E-state index in [0.717, 1.165) is 23.5 Å². The number of anilines is 3. The van der Waals surface area contributed by atoms with Crippen LogP contribution in [0.3, 0.4) is 0 Å². The normalized spacial score (nSPS) is 16.4. The molecule has 0 spiro atoms. The van der Waals surface area contributed by atoms with E-state index >= 15 is 0 Å². The summed E-state index contributed by atoms with van der Waals surface area (Å²) in [5.41, 5.74) is 1.24. The highest BCUT2D eigenvalue weighted by Crippen LogP contribution is 2.26. The molecule has 1 heterocycles. The number of fused-ring (bicyclic) bond motifs is 1. The third kappa shape index (κ3) is 2.65. The van der Waals surface area contributed by atoms with Crippen LogP contribution in [0, 0.1) is 11.6 Å². The van der Waals surface area contributed by atoms with Crippen LogP contribution in [-0.2, 0) is 4.79 Å². The van der Waals surface area contributed by atoms with Gasteiger partial charge in [0.1, 0.15) is 23.4 Å². The Labute approximate surface area is 120 Å². The molecule has 1 atom stereocenters. The Balaban J connectivity index is 1.76. The number of nitrogens with one attached hydrogen (secondary N) is 3. The molecule has 0 saturated carbocycles. The maximum atomic E-state index is 13.5. The van der Waals surface area contributed by atoms with E-state index in [9.17, 15) is 13.6 Å². The van der Waals surface area contributed by atoms with Gasteiger partial charge >= 0.3 is 0 Å². The van der Waals surface area contributed by atoms with Crippen molar-refractivity contribution in [1.82, 2.24) is 0 Å². The molecule has 0 saturated heterocycles. The number of benzene rings is 2. The Bertz CT molecular complexity index is 670. The second kappa shape index (κ2) is 5.40. The summed E-state index contributed by atoms with van der Waals surface area (Å²) >= 11 is 0. The zero-order valence-electron chi connectivity index (χ0n) is 11.0. The first-order chi connectivity index (χ1) is 10.1. The fourth-order valence-electron chi connectivity index (χ4n) is 2.20. The Morgan fingerprint density at radius 2 is 1.71 bits per heavy atom. The topological polar surface area (TPSA) is 53.2 Å². The largest absolute Gasteiger partial charge is 0.381 e. The molecule has 1 amide bonds. The van der Waals surface area contributed by atoms with Gasteiger partial charge in [0.2, 0.25) is 5.91 Å². The molecule has 1 aliphatic rings. The smallest absolute Gasteiger partial charge is 0.248 e. The fourth-order valence-corrected chi connectivity index (χ4v) is 2.20. The van der Waals surface area contributed by atoms with Crippen LogP contribution in [0.5, 0.6) is 0 Å². The van der Waals surface area contributed by atoms with Crippen molar-refractivity contribution >= 4 is 23.0 Å². The van der Waals surface area contributed by atoms with Crippen LogP contribution in [0.2, 0.25) is 0 Å². The van der Waals surface area contributed by atoms with E-state index in [-0.39, 0.29) is 0 Å². The van der Waals surface area contributed by atoms with Crippen molar-refractivity contribution in [1.29, 1.82) is 0 Å². The van der Waals surface area contributed by atoms with Crippen LogP contribution in [-0.4, -0.2) is 18.5 Å². The highest BCUT2D eigenvalue weighted by Gasteiger charge is 2.24. The van der Waals surface area contributed by atoms with Gasteiger partial charge in [-0.25, -0.2) is 8.78 Å². The zero-order chi connectivity index (χ0) is 14.8. The molecule has 1 unspecified atom stereocenters. The summed E-state index contributed by atoms with van der Waals surface area (Å²) in [6.07, 6.45) is 0. The van der Waals surface area contributed by atoms with E-state index < -0.39 is 29.3 Å². The number of hydrogen-bond acceptors (Lipinski definition) is 3. The quantitative estimate of drug-likeness (QED) is 0.797. The van der Waals surface area contributed by atoms with Gasteiger partial charge in [-0.2, -0.15) is 0 Å². The third-order valence-corrected chi connectivity index (χ3v) is 3.28. The molecule has 2 aromatic carbocycles. The lowest BCUT2D eigenvalue weighted by Gasteiger charge is -2.27. The first kappa shape index (κ1) is 13.4.